The van der Waals surface area contributed by atoms with Crippen LogP contribution in [0.15, 0.2) is 101 Å². The van der Waals surface area contributed by atoms with Gasteiger partial charge in [0, 0.05) is 23.4 Å². The summed E-state index contributed by atoms with van der Waals surface area (Å²) in [5.74, 6) is -2.69. The second-order valence-corrected chi connectivity index (χ2v) is 16.7. The first kappa shape index (κ1) is 55.2. The number of benzene rings is 4. The molecule has 8 N–H and O–H groups in total. The molecule has 1 heterocycles. The van der Waals surface area contributed by atoms with Crippen molar-refractivity contribution in [2.75, 3.05) is 10.6 Å². The molecule has 0 radical (unpaired) electrons. The monoisotopic (exact) mass is 1050 g/mol. The predicted molar refractivity (Wildman–Crippen MR) is 243 cm³/mol. The summed E-state index contributed by atoms with van der Waals surface area (Å²) in [4.78, 5) is 0. The molecule has 0 aliphatic carbocycles. The van der Waals surface area contributed by atoms with Crippen LogP contribution in [0.4, 0.5) is 55.3 Å². The van der Waals surface area contributed by atoms with Gasteiger partial charge in [0.2, 0.25) is 0 Å². The number of para-hydroxylation sites is 2. The molecule has 0 bridgehead atoms. The van der Waals surface area contributed by atoms with Gasteiger partial charge < -0.3 is 40.9 Å². The van der Waals surface area contributed by atoms with Crippen LogP contribution in [-0.2, 0) is 32.0 Å². The maximum absolute atomic E-state index is 14.0. The van der Waals surface area contributed by atoms with Crippen LogP contribution < -0.4 is 27.6 Å². The van der Waals surface area contributed by atoms with Gasteiger partial charge in [0.05, 0.1) is 39.5 Å². The number of halogens is 11. The van der Waals surface area contributed by atoms with Crippen LogP contribution in [0.3, 0.4) is 0 Å². The zero-order valence-electron chi connectivity index (χ0n) is 36.3. The number of alkyl halides is 6. The number of nitrogens with two attached hydrogens (primary N) is 2. The normalized spacial score (nSPS) is 15.7. The molecule has 22 heteroatoms. The van der Waals surface area contributed by atoms with E-state index in [1.165, 1.54) is 48.5 Å². The van der Waals surface area contributed by atoms with E-state index in [9.17, 15) is 43.9 Å². The van der Waals surface area contributed by atoms with Gasteiger partial charge in [0.25, 0.3) is 0 Å². The van der Waals surface area contributed by atoms with E-state index < -0.39 is 66.9 Å². The smallest absolute Gasteiger partial charge is 0.399 e. The minimum absolute atomic E-state index is 0.0581. The summed E-state index contributed by atoms with van der Waals surface area (Å²) in [5.41, 5.74) is 10.9. The number of ether oxygens (including phenoxy) is 2. The average molecular weight is 1050 g/mol. The maximum atomic E-state index is 14.0. The lowest BCUT2D eigenvalue weighted by molar-refractivity contribution is -0.217. The fourth-order valence-electron chi connectivity index (χ4n) is 5.31. The van der Waals surface area contributed by atoms with Gasteiger partial charge in [0.1, 0.15) is 34.9 Å². The fraction of sp³-hybridized carbons (Fsp3) is 0.318. The lowest BCUT2D eigenvalue weighted by atomic mass is 9.78. The van der Waals surface area contributed by atoms with E-state index >= 15 is 0 Å². The van der Waals surface area contributed by atoms with Crippen molar-refractivity contribution in [3.8, 4) is 0 Å². The molecule has 1 fully saturated rings. The summed E-state index contributed by atoms with van der Waals surface area (Å²) >= 11 is 1.94. The van der Waals surface area contributed by atoms with Crippen molar-refractivity contribution in [1.82, 2.24) is 0 Å². The van der Waals surface area contributed by atoms with E-state index in [1.807, 2.05) is 50.3 Å². The third-order valence-electron chi connectivity index (χ3n) is 9.55. The number of nitrogens with one attached hydrogen (secondary N) is 4. The molecule has 0 aromatic heterocycles. The van der Waals surface area contributed by atoms with Crippen molar-refractivity contribution >= 4 is 63.9 Å². The van der Waals surface area contributed by atoms with Crippen molar-refractivity contribution in [1.29, 1.82) is 10.8 Å². The van der Waals surface area contributed by atoms with Crippen LogP contribution >= 0.6 is 22.6 Å². The molecular weight excluding hydrogens is 1000 g/mol. The molecule has 1 aliphatic heterocycles. The molecule has 4 aromatic carbocycles. The van der Waals surface area contributed by atoms with Gasteiger partial charge in [-0.25, -0.2) is 17.6 Å². The Morgan fingerprint density at radius 2 is 1.11 bits per heavy atom. The summed E-state index contributed by atoms with van der Waals surface area (Å²) in [7, 11) is -0.788. The number of rotatable bonds is 14. The fourth-order valence-corrected chi connectivity index (χ4v) is 5.94. The molecule has 0 spiro atoms. The SMILES string of the molecule is C[C@@H](OCc1cc(F)cc(/C(=C/C(=N)N)Nc2ccccc2F)c1)C(F)(F)F.C[C@@H](OCc1cc(F)cc(B2OC(C)(C)C(C)(C)O2)c1)C(F)(F)F.N=C(N)/C=C(/I)Nc1ccccc1F. The lowest BCUT2D eigenvalue weighted by Gasteiger charge is -2.32. The Kier molecular flexibility index (Phi) is 19.7. The predicted octanol–water partition coefficient (Wildman–Crippen LogP) is 10.9. The number of anilines is 2. The van der Waals surface area contributed by atoms with Crippen molar-refractivity contribution in [2.24, 2.45) is 11.5 Å². The van der Waals surface area contributed by atoms with E-state index in [0.29, 0.717) is 14.9 Å². The second kappa shape index (κ2) is 23.5. The third kappa shape index (κ3) is 17.6. The molecule has 4 aromatic rings. The van der Waals surface area contributed by atoms with Gasteiger partial charge in [0.15, 0.2) is 12.2 Å². The molecule has 2 atom stereocenters. The summed E-state index contributed by atoms with van der Waals surface area (Å²) in [5, 5.41) is 19.9. The molecule has 1 saturated heterocycles. The summed E-state index contributed by atoms with van der Waals surface area (Å²) < 4.78 is 152. The van der Waals surface area contributed by atoms with E-state index in [1.54, 1.807) is 24.3 Å². The number of hydrogen-bond donors (Lipinski definition) is 6. The Balaban J connectivity index is 0.000000277. The van der Waals surface area contributed by atoms with Gasteiger partial charge in [-0.2, -0.15) is 26.3 Å². The van der Waals surface area contributed by atoms with E-state index in [0.717, 1.165) is 38.1 Å². The molecule has 358 valence electrons. The summed E-state index contributed by atoms with van der Waals surface area (Å²) in [6.45, 7) is 8.37. The summed E-state index contributed by atoms with van der Waals surface area (Å²) in [6, 6.07) is 19.4. The molecule has 5 rings (SSSR count). The minimum atomic E-state index is -4.54. The minimum Gasteiger partial charge on any atom is -0.399 e. The highest BCUT2D eigenvalue weighted by molar-refractivity contribution is 14.1. The van der Waals surface area contributed by atoms with E-state index in [2.05, 4.69) is 10.6 Å². The second-order valence-electron chi connectivity index (χ2n) is 15.5. The largest absolute Gasteiger partial charge is 0.494 e. The van der Waals surface area contributed by atoms with Crippen LogP contribution in [0.5, 0.6) is 0 Å². The lowest BCUT2D eigenvalue weighted by Crippen LogP contribution is -2.41. The van der Waals surface area contributed by atoms with Crippen LogP contribution in [-0.4, -0.2) is 54.6 Å². The highest BCUT2D eigenvalue weighted by Crippen LogP contribution is 2.37. The molecule has 0 amide bonds. The first-order chi connectivity index (χ1) is 30.5. The van der Waals surface area contributed by atoms with Crippen molar-refractivity contribution in [2.45, 2.75) is 90.5 Å². The van der Waals surface area contributed by atoms with Gasteiger partial charge in [-0.15, -0.1) is 0 Å². The standard InChI is InChI=1S/C19H18F5N3O.C16H21BF4O3.C9H9FIN3/c1-11(19(22,23)24)28-10-12-6-13(8-14(20)7-12)17(9-18(25)26)27-16-5-3-2-4-15(16)21;1-10(16(19,20)21)22-9-11-6-12(8-13(18)7-11)17-23-14(2,3)15(4,5)24-17;10-6-3-1-2-4-7(6)14-8(11)5-9(12)13/h2-9,11,27H,10H2,1H3,(H3,25,26);6-8,10H,9H2,1-5H3;1-5,14H,(H3,12,13)/b17-9-;;8-5-/t11-;10-;/m11./s1. The van der Waals surface area contributed by atoms with Gasteiger partial charge in [-0.1, -0.05) is 30.3 Å². The van der Waals surface area contributed by atoms with Gasteiger partial charge >= 0.3 is 19.5 Å². The molecule has 66 heavy (non-hydrogen) atoms. The van der Waals surface area contributed by atoms with Crippen LogP contribution in [0.1, 0.15) is 58.2 Å². The Labute approximate surface area is 389 Å². The van der Waals surface area contributed by atoms with Crippen molar-refractivity contribution < 1.29 is 62.7 Å². The van der Waals surface area contributed by atoms with Crippen LogP contribution in [0.25, 0.3) is 5.70 Å². The molecular formula is C44H48BF10IN6O4. The first-order valence-electron chi connectivity index (χ1n) is 19.6. The number of amidine groups is 2. The van der Waals surface area contributed by atoms with Gasteiger partial charge in [-0.05, 0) is 135 Å². The zero-order chi connectivity index (χ0) is 49.8. The molecule has 10 nitrogen and oxygen atoms in total. The molecule has 0 saturated carbocycles. The Hall–Kier alpha value is -5.17. The van der Waals surface area contributed by atoms with E-state index in [-0.39, 0.29) is 52.2 Å². The highest BCUT2D eigenvalue weighted by Gasteiger charge is 2.52. The van der Waals surface area contributed by atoms with Crippen LogP contribution in [0, 0.1) is 34.1 Å². The first-order valence-corrected chi connectivity index (χ1v) is 20.7. The topological polar surface area (TPSA) is 161 Å². The highest BCUT2D eigenvalue weighted by atomic mass is 127. The zero-order valence-corrected chi connectivity index (χ0v) is 38.5. The van der Waals surface area contributed by atoms with Gasteiger partial charge in [-0.3, -0.25) is 10.8 Å². The van der Waals surface area contributed by atoms with Crippen LogP contribution in [0.2, 0.25) is 0 Å². The maximum Gasteiger partial charge on any atom is 0.494 e. The quantitative estimate of drug-likeness (QED) is 0.0182. The summed E-state index contributed by atoms with van der Waals surface area (Å²) in [6.07, 6.45) is -10.4. The Morgan fingerprint density at radius 3 is 1.55 bits per heavy atom. The molecule has 1 aliphatic rings. The van der Waals surface area contributed by atoms with Crippen molar-refractivity contribution in [3.63, 3.8) is 0 Å². The van der Waals surface area contributed by atoms with E-state index in [4.69, 9.17) is 41.1 Å². The Morgan fingerprint density at radius 1 is 0.682 bits per heavy atom. The van der Waals surface area contributed by atoms with Crippen molar-refractivity contribution in [3.05, 3.63) is 141 Å². The number of hydrogen-bond acceptors (Lipinski definition) is 8. The Bertz CT molecular complexity index is 2350. The third-order valence-corrected chi connectivity index (χ3v) is 10.1. The molecule has 0 unspecified atom stereocenters. The average Bonchev–Trinajstić information content (AvgIpc) is 3.42.